The standard InChI is InChI=1S/C21H18N4/c1-15-9-5-7-13-18(15)23-20-17-12-6-8-14-19(17)24-21(25-20)22-16-10-3-2-4-11-16/h2-14H,1H3,(H2,22,23,24,25). The summed E-state index contributed by atoms with van der Waals surface area (Å²) in [5.74, 6) is 1.36. The van der Waals surface area contributed by atoms with Gasteiger partial charge in [0.1, 0.15) is 5.82 Å². The van der Waals surface area contributed by atoms with Crippen molar-refractivity contribution in [3.8, 4) is 0 Å². The quantitative estimate of drug-likeness (QED) is 0.525. The minimum atomic E-state index is 0.570. The number of hydrogen-bond acceptors (Lipinski definition) is 4. The summed E-state index contributed by atoms with van der Waals surface area (Å²) in [5.41, 5.74) is 4.06. The van der Waals surface area contributed by atoms with Gasteiger partial charge in [-0.15, -0.1) is 0 Å². The molecule has 0 saturated heterocycles. The summed E-state index contributed by atoms with van der Waals surface area (Å²) in [4.78, 5) is 9.33. The van der Waals surface area contributed by atoms with Crippen molar-refractivity contribution < 1.29 is 0 Å². The number of aryl methyl sites for hydroxylation is 1. The summed E-state index contributed by atoms with van der Waals surface area (Å²) in [6.07, 6.45) is 0. The third-order valence-electron chi connectivity index (χ3n) is 4.03. The molecule has 0 unspecified atom stereocenters. The third kappa shape index (κ3) is 3.28. The smallest absolute Gasteiger partial charge is 0.229 e. The first-order valence-electron chi connectivity index (χ1n) is 8.21. The fourth-order valence-corrected chi connectivity index (χ4v) is 2.72. The highest BCUT2D eigenvalue weighted by Crippen LogP contribution is 2.27. The van der Waals surface area contributed by atoms with E-state index >= 15 is 0 Å². The number of anilines is 4. The van der Waals surface area contributed by atoms with Crippen molar-refractivity contribution in [1.29, 1.82) is 0 Å². The van der Waals surface area contributed by atoms with E-state index in [1.807, 2.05) is 66.7 Å². The maximum absolute atomic E-state index is 4.70. The summed E-state index contributed by atoms with van der Waals surface area (Å²) < 4.78 is 0. The zero-order valence-corrected chi connectivity index (χ0v) is 13.9. The van der Waals surface area contributed by atoms with Crippen molar-refractivity contribution in [2.45, 2.75) is 6.92 Å². The van der Waals surface area contributed by atoms with Gasteiger partial charge in [0.15, 0.2) is 0 Å². The Morgan fingerprint density at radius 3 is 2.24 bits per heavy atom. The van der Waals surface area contributed by atoms with Gasteiger partial charge >= 0.3 is 0 Å². The van der Waals surface area contributed by atoms with E-state index in [0.29, 0.717) is 5.95 Å². The van der Waals surface area contributed by atoms with Crippen molar-refractivity contribution in [1.82, 2.24) is 9.97 Å². The fraction of sp³-hybridized carbons (Fsp3) is 0.0476. The molecule has 0 aliphatic heterocycles. The summed E-state index contributed by atoms with van der Waals surface area (Å²) >= 11 is 0. The molecule has 0 fully saturated rings. The molecule has 0 aliphatic carbocycles. The van der Waals surface area contributed by atoms with Gasteiger partial charge in [-0.2, -0.15) is 4.98 Å². The van der Waals surface area contributed by atoms with Gasteiger partial charge in [-0.1, -0.05) is 48.5 Å². The van der Waals surface area contributed by atoms with E-state index in [-0.39, 0.29) is 0 Å². The second-order valence-electron chi connectivity index (χ2n) is 5.84. The van der Waals surface area contributed by atoms with Crippen LogP contribution in [0.2, 0.25) is 0 Å². The largest absolute Gasteiger partial charge is 0.339 e. The molecule has 0 radical (unpaired) electrons. The van der Waals surface area contributed by atoms with Gasteiger partial charge in [0.25, 0.3) is 0 Å². The molecule has 2 N–H and O–H groups in total. The average molecular weight is 326 g/mol. The van der Waals surface area contributed by atoms with Crippen LogP contribution >= 0.6 is 0 Å². The van der Waals surface area contributed by atoms with Crippen LogP contribution in [-0.2, 0) is 0 Å². The van der Waals surface area contributed by atoms with Gasteiger partial charge in [-0.3, -0.25) is 0 Å². The van der Waals surface area contributed by atoms with Crippen molar-refractivity contribution in [3.05, 3.63) is 84.4 Å². The Bertz CT molecular complexity index is 1010. The van der Waals surface area contributed by atoms with Crippen molar-refractivity contribution in [2.75, 3.05) is 10.6 Å². The van der Waals surface area contributed by atoms with E-state index in [1.54, 1.807) is 0 Å². The van der Waals surface area contributed by atoms with Gasteiger partial charge in [0, 0.05) is 16.8 Å². The summed E-state index contributed by atoms with van der Waals surface area (Å²) in [7, 11) is 0. The molecule has 4 heteroatoms. The number of aromatic nitrogens is 2. The lowest BCUT2D eigenvalue weighted by molar-refractivity contribution is 1.21. The van der Waals surface area contributed by atoms with Gasteiger partial charge in [0.05, 0.1) is 5.52 Å². The Kier molecular flexibility index (Phi) is 4.01. The van der Waals surface area contributed by atoms with Crippen LogP contribution in [0.4, 0.5) is 23.1 Å². The predicted molar refractivity (Wildman–Crippen MR) is 104 cm³/mol. The molecule has 4 nitrogen and oxygen atoms in total. The molecule has 4 aromatic rings. The van der Waals surface area contributed by atoms with Gasteiger partial charge in [0.2, 0.25) is 5.95 Å². The maximum atomic E-state index is 4.70. The molecule has 1 aromatic heterocycles. The second kappa shape index (κ2) is 6.61. The first-order chi connectivity index (χ1) is 12.3. The van der Waals surface area contributed by atoms with E-state index < -0.39 is 0 Å². The first-order valence-corrected chi connectivity index (χ1v) is 8.21. The third-order valence-corrected chi connectivity index (χ3v) is 4.03. The number of nitrogens with one attached hydrogen (secondary N) is 2. The lowest BCUT2D eigenvalue weighted by Gasteiger charge is -2.13. The number of para-hydroxylation sites is 3. The maximum Gasteiger partial charge on any atom is 0.229 e. The van der Waals surface area contributed by atoms with Crippen molar-refractivity contribution in [2.24, 2.45) is 0 Å². The molecule has 0 aliphatic rings. The normalized spacial score (nSPS) is 10.6. The van der Waals surface area contributed by atoms with Crippen molar-refractivity contribution in [3.63, 3.8) is 0 Å². The Balaban J connectivity index is 1.77. The Morgan fingerprint density at radius 1 is 0.680 bits per heavy atom. The molecule has 25 heavy (non-hydrogen) atoms. The minimum Gasteiger partial charge on any atom is -0.339 e. The van der Waals surface area contributed by atoms with Gasteiger partial charge in [-0.25, -0.2) is 4.98 Å². The highest BCUT2D eigenvalue weighted by molar-refractivity contribution is 5.92. The molecule has 4 rings (SSSR count). The molecule has 0 saturated carbocycles. The molecular weight excluding hydrogens is 308 g/mol. The summed E-state index contributed by atoms with van der Waals surface area (Å²) in [6.45, 7) is 2.08. The monoisotopic (exact) mass is 326 g/mol. The molecule has 0 bridgehead atoms. The average Bonchev–Trinajstić information content (AvgIpc) is 2.64. The van der Waals surface area contributed by atoms with Crippen LogP contribution in [0.3, 0.4) is 0 Å². The molecule has 1 heterocycles. The molecular formula is C21H18N4. The van der Waals surface area contributed by atoms with E-state index in [4.69, 9.17) is 4.98 Å². The second-order valence-corrected chi connectivity index (χ2v) is 5.84. The van der Waals surface area contributed by atoms with Gasteiger partial charge in [-0.05, 0) is 42.8 Å². The van der Waals surface area contributed by atoms with Crippen LogP contribution in [0.15, 0.2) is 78.9 Å². The van der Waals surface area contributed by atoms with E-state index in [0.717, 1.165) is 28.1 Å². The van der Waals surface area contributed by atoms with Crippen LogP contribution in [0, 0.1) is 6.92 Å². The highest BCUT2D eigenvalue weighted by Gasteiger charge is 2.09. The highest BCUT2D eigenvalue weighted by atomic mass is 15.1. The van der Waals surface area contributed by atoms with Crippen LogP contribution in [-0.4, -0.2) is 9.97 Å². The Labute approximate surface area is 146 Å². The number of rotatable bonds is 4. The molecule has 3 aromatic carbocycles. The fourth-order valence-electron chi connectivity index (χ4n) is 2.72. The SMILES string of the molecule is Cc1ccccc1Nc1nc(Nc2ccccc2)nc2ccccc12. The minimum absolute atomic E-state index is 0.570. The molecule has 122 valence electrons. The van der Waals surface area contributed by atoms with Crippen LogP contribution in [0.25, 0.3) is 10.9 Å². The molecule has 0 spiro atoms. The van der Waals surface area contributed by atoms with E-state index in [9.17, 15) is 0 Å². The topological polar surface area (TPSA) is 49.8 Å². The number of hydrogen-bond donors (Lipinski definition) is 2. The summed E-state index contributed by atoms with van der Waals surface area (Å²) in [5, 5.41) is 7.72. The van der Waals surface area contributed by atoms with E-state index in [2.05, 4.69) is 34.7 Å². The Hall–Kier alpha value is -3.40. The van der Waals surface area contributed by atoms with Crippen LogP contribution < -0.4 is 10.6 Å². The predicted octanol–water partition coefficient (Wildman–Crippen LogP) is 5.43. The number of benzene rings is 3. The van der Waals surface area contributed by atoms with Gasteiger partial charge < -0.3 is 10.6 Å². The lowest BCUT2D eigenvalue weighted by Crippen LogP contribution is -2.02. The zero-order chi connectivity index (χ0) is 17.1. The molecule has 0 amide bonds. The summed E-state index contributed by atoms with van der Waals surface area (Å²) in [6, 6.07) is 26.1. The lowest BCUT2D eigenvalue weighted by atomic mass is 10.2. The van der Waals surface area contributed by atoms with Crippen molar-refractivity contribution >= 4 is 34.0 Å². The van der Waals surface area contributed by atoms with Crippen LogP contribution in [0.5, 0.6) is 0 Å². The number of fused-ring (bicyclic) bond motifs is 1. The number of nitrogens with zero attached hydrogens (tertiary/aromatic N) is 2. The zero-order valence-electron chi connectivity index (χ0n) is 13.9. The Morgan fingerprint density at radius 2 is 1.40 bits per heavy atom. The van der Waals surface area contributed by atoms with Crippen LogP contribution in [0.1, 0.15) is 5.56 Å². The van der Waals surface area contributed by atoms with E-state index in [1.165, 1.54) is 5.56 Å². The first kappa shape index (κ1) is 15.1. The molecule has 0 atom stereocenters.